The Labute approximate surface area is 146 Å². The summed E-state index contributed by atoms with van der Waals surface area (Å²) in [6.07, 6.45) is 0. The van der Waals surface area contributed by atoms with E-state index >= 15 is 0 Å². The van der Waals surface area contributed by atoms with Gasteiger partial charge in [-0.15, -0.1) is 0 Å². The smallest absolute Gasteiger partial charge is 0.238 e. The predicted molar refractivity (Wildman–Crippen MR) is 94.2 cm³/mol. The highest BCUT2D eigenvalue weighted by atomic mass is 35.5. The SMILES string of the molecule is CC(c1ccc(S(N)(=O)=O)cc1)N(C)Cc1ccc(Cl)cc1Cl. The fraction of sp³-hybridized carbons (Fsp3) is 0.250. The van der Waals surface area contributed by atoms with E-state index in [1.807, 2.05) is 26.1 Å². The number of halogens is 2. The zero-order chi connectivity index (χ0) is 17.2. The van der Waals surface area contributed by atoms with E-state index in [1.54, 1.807) is 18.2 Å². The molecule has 0 radical (unpaired) electrons. The van der Waals surface area contributed by atoms with E-state index in [2.05, 4.69) is 4.90 Å². The van der Waals surface area contributed by atoms with Gasteiger partial charge in [0, 0.05) is 22.6 Å². The van der Waals surface area contributed by atoms with Gasteiger partial charge >= 0.3 is 0 Å². The summed E-state index contributed by atoms with van der Waals surface area (Å²) in [5.41, 5.74) is 1.97. The molecule has 7 heteroatoms. The van der Waals surface area contributed by atoms with Crippen LogP contribution in [-0.2, 0) is 16.6 Å². The molecular formula is C16H18Cl2N2O2S. The number of benzene rings is 2. The van der Waals surface area contributed by atoms with Gasteiger partial charge in [-0.25, -0.2) is 13.6 Å². The van der Waals surface area contributed by atoms with Crippen LogP contribution >= 0.6 is 23.2 Å². The van der Waals surface area contributed by atoms with Crippen molar-refractivity contribution in [3.8, 4) is 0 Å². The minimum Gasteiger partial charge on any atom is -0.295 e. The topological polar surface area (TPSA) is 63.4 Å². The molecule has 0 heterocycles. The number of hydrogen-bond acceptors (Lipinski definition) is 3. The van der Waals surface area contributed by atoms with Gasteiger partial charge in [0.15, 0.2) is 0 Å². The van der Waals surface area contributed by atoms with Crippen LogP contribution < -0.4 is 5.14 Å². The van der Waals surface area contributed by atoms with E-state index in [0.717, 1.165) is 11.1 Å². The molecule has 23 heavy (non-hydrogen) atoms. The molecule has 0 spiro atoms. The van der Waals surface area contributed by atoms with Gasteiger partial charge in [0.05, 0.1) is 4.90 Å². The van der Waals surface area contributed by atoms with Crippen molar-refractivity contribution in [1.29, 1.82) is 0 Å². The molecular weight excluding hydrogens is 355 g/mol. The monoisotopic (exact) mass is 372 g/mol. The minimum atomic E-state index is -3.67. The summed E-state index contributed by atoms with van der Waals surface area (Å²) in [4.78, 5) is 2.22. The maximum atomic E-state index is 11.3. The summed E-state index contributed by atoms with van der Waals surface area (Å²) in [5, 5.41) is 6.34. The second kappa shape index (κ2) is 7.20. The van der Waals surface area contributed by atoms with Crippen molar-refractivity contribution < 1.29 is 8.42 Å². The van der Waals surface area contributed by atoms with Crippen molar-refractivity contribution in [2.75, 3.05) is 7.05 Å². The quantitative estimate of drug-likeness (QED) is 0.866. The molecule has 0 saturated heterocycles. The van der Waals surface area contributed by atoms with Crippen molar-refractivity contribution in [3.63, 3.8) is 0 Å². The van der Waals surface area contributed by atoms with Crippen LogP contribution in [0.2, 0.25) is 10.0 Å². The van der Waals surface area contributed by atoms with E-state index in [4.69, 9.17) is 28.3 Å². The zero-order valence-corrected chi connectivity index (χ0v) is 15.2. The van der Waals surface area contributed by atoms with Gasteiger partial charge in [0.2, 0.25) is 10.0 Å². The van der Waals surface area contributed by atoms with Crippen LogP contribution in [0.15, 0.2) is 47.4 Å². The number of nitrogens with zero attached hydrogens (tertiary/aromatic N) is 1. The van der Waals surface area contributed by atoms with E-state index < -0.39 is 10.0 Å². The number of hydrogen-bond donors (Lipinski definition) is 1. The summed E-state index contributed by atoms with van der Waals surface area (Å²) < 4.78 is 22.6. The molecule has 0 aliphatic heterocycles. The highest BCUT2D eigenvalue weighted by Crippen LogP contribution is 2.26. The largest absolute Gasteiger partial charge is 0.295 e. The lowest BCUT2D eigenvalue weighted by Gasteiger charge is -2.25. The fourth-order valence-corrected chi connectivity index (χ4v) is 3.23. The Kier molecular flexibility index (Phi) is 5.70. The van der Waals surface area contributed by atoms with E-state index in [9.17, 15) is 8.42 Å². The molecule has 2 N–H and O–H groups in total. The van der Waals surface area contributed by atoms with Crippen LogP contribution in [0.3, 0.4) is 0 Å². The maximum Gasteiger partial charge on any atom is 0.238 e. The summed E-state index contributed by atoms with van der Waals surface area (Å²) >= 11 is 12.1. The number of nitrogens with two attached hydrogens (primary N) is 1. The third-order valence-electron chi connectivity index (χ3n) is 3.79. The Morgan fingerprint density at radius 2 is 1.74 bits per heavy atom. The van der Waals surface area contributed by atoms with E-state index in [1.165, 1.54) is 12.1 Å². The normalized spacial score (nSPS) is 13.3. The first-order valence-corrected chi connectivity index (χ1v) is 9.25. The average Bonchev–Trinajstić information content (AvgIpc) is 2.48. The van der Waals surface area contributed by atoms with Gasteiger partial charge < -0.3 is 0 Å². The Morgan fingerprint density at radius 1 is 1.13 bits per heavy atom. The molecule has 0 amide bonds. The molecule has 2 aromatic rings. The van der Waals surface area contributed by atoms with Crippen LogP contribution in [-0.4, -0.2) is 20.4 Å². The number of sulfonamides is 1. The molecule has 1 unspecified atom stereocenters. The minimum absolute atomic E-state index is 0.0799. The summed E-state index contributed by atoms with van der Waals surface area (Å²) in [6.45, 7) is 2.68. The molecule has 2 aromatic carbocycles. The number of rotatable bonds is 5. The third kappa shape index (κ3) is 4.68. The van der Waals surface area contributed by atoms with Gasteiger partial charge in [-0.3, -0.25) is 4.90 Å². The Hall–Kier alpha value is -1.11. The highest BCUT2D eigenvalue weighted by molar-refractivity contribution is 7.89. The molecule has 2 rings (SSSR count). The summed E-state index contributed by atoms with van der Waals surface area (Å²) in [5.74, 6) is 0. The van der Waals surface area contributed by atoms with Gasteiger partial charge in [-0.05, 0) is 49.4 Å². The molecule has 1 atom stereocenters. The first-order chi connectivity index (χ1) is 10.7. The molecule has 0 bridgehead atoms. The summed E-state index contributed by atoms with van der Waals surface area (Å²) in [7, 11) is -1.69. The Morgan fingerprint density at radius 3 is 2.26 bits per heavy atom. The van der Waals surface area contributed by atoms with Crippen LogP contribution in [0.25, 0.3) is 0 Å². The first-order valence-electron chi connectivity index (χ1n) is 6.95. The first kappa shape index (κ1) is 18.2. The zero-order valence-electron chi connectivity index (χ0n) is 12.8. The molecule has 124 valence electrons. The van der Waals surface area contributed by atoms with Crippen molar-refractivity contribution in [2.24, 2.45) is 5.14 Å². The Bertz CT molecular complexity index is 792. The van der Waals surface area contributed by atoms with Crippen molar-refractivity contribution in [1.82, 2.24) is 4.90 Å². The van der Waals surface area contributed by atoms with Gasteiger partial charge in [0.25, 0.3) is 0 Å². The molecule has 0 aromatic heterocycles. The van der Waals surface area contributed by atoms with Crippen molar-refractivity contribution in [2.45, 2.75) is 24.4 Å². The van der Waals surface area contributed by atoms with Crippen LogP contribution in [0, 0.1) is 0 Å². The van der Waals surface area contributed by atoms with E-state index in [0.29, 0.717) is 16.6 Å². The predicted octanol–water partition coefficient (Wildman–Crippen LogP) is 3.83. The fourth-order valence-electron chi connectivity index (χ4n) is 2.25. The van der Waals surface area contributed by atoms with Crippen molar-refractivity contribution >= 4 is 33.2 Å². The lowest BCUT2D eigenvalue weighted by atomic mass is 10.1. The second-order valence-corrected chi connectivity index (χ2v) is 7.85. The average molecular weight is 373 g/mol. The third-order valence-corrected chi connectivity index (χ3v) is 5.30. The van der Waals surface area contributed by atoms with Gasteiger partial charge in [-0.1, -0.05) is 41.4 Å². The standard InChI is InChI=1S/C16H18Cl2N2O2S/c1-11(12-4-7-15(8-5-12)23(19,21)22)20(2)10-13-3-6-14(17)9-16(13)18/h3-9,11H,10H2,1-2H3,(H2,19,21,22). The van der Waals surface area contributed by atoms with Crippen LogP contribution in [0.1, 0.15) is 24.1 Å². The molecule has 0 saturated carbocycles. The van der Waals surface area contributed by atoms with Crippen molar-refractivity contribution in [3.05, 3.63) is 63.6 Å². The summed E-state index contributed by atoms with van der Waals surface area (Å²) in [6, 6.07) is 12.1. The second-order valence-electron chi connectivity index (χ2n) is 5.44. The number of primary sulfonamides is 1. The Balaban J connectivity index is 2.14. The van der Waals surface area contributed by atoms with Gasteiger partial charge in [-0.2, -0.15) is 0 Å². The molecule has 0 aliphatic carbocycles. The van der Waals surface area contributed by atoms with Crippen LogP contribution in [0.4, 0.5) is 0 Å². The van der Waals surface area contributed by atoms with Crippen LogP contribution in [0.5, 0.6) is 0 Å². The lowest BCUT2D eigenvalue weighted by Crippen LogP contribution is -2.22. The molecule has 0 aliphatic rings. The highest BCUT2D eigenvalue weighted by Gasteiger charge is 2.15. The molecule has 4 nitrogen and oxygen atoms in total. The lowest BCUT2D eigenvalue weighted by molar-refractivity contribution is 0.253. The maximum absolute atomic E-state index is 11.3. The van der Waals surface area contributed by atoms with E-state index in [-0.39, 0.29) is 10.9 Å². The molecule has 0 fully saturated rings. The van der Waals surface area contributed by atoms with Gasteiger partial charge in [0.1, 0.15) is 0 Å².